The van der Waals surface area contributed by atoms with Gasteiger partial charge in [0, 0.05) is 0 Å². The summed E-state index contributed by atoms with van der Waals surface area (Å²) in [6.45, 7) is 0.158. The molecule has 1 unspecified atom stereocenters. The van der Waals surface area contributed by atoms with Crippen molar-refractivity contribution in [1.82, 2.24) is 0 Å². The van der Waals surface area contributed by atoms with Gasteiger partial charge in [-0.25, -0.2) is 4.39 Å². The zero-order valence-corrected chi connectivity index (χ0v) is 10.8. The largest absolute Gasteiger partial charge is 0.493 e. The van der Waals surface area contributed by atoms with E-state index in [-0.39, 0.29) is 18.3 Å². The third-order valence-corrected chi connectivity index (χ3v) is 3.78. The van der Waals surface area contributed by atoms with Gasteiger partial charge in [-0.05, 0) is 43.0 Å². The average molecular weight is 266 g/mol. The van der Waals surface area contributed by atoms with E-state index in [1.54, 1.807) is 0 Å². The highest BCUT2D eigenvalue weighted by Crippen LogP contribution is 2.30. The summed E-state index contributed by atoms with van der Waals surface area (Å²) >= 11 is 0. The van der Waals surface area contributed by atoms with Crippen LogP contribution in [-0.2, 0) is 4.79 Å². The fourth-order valence-corrected chi connectivity index (χ4v) is 2.66. The molecular formula is C15H19FO3. The van der Waals surface area contributed by atoms with Gasteiger partial charge in [-0.1, -0.05) is 19.3 Å². The number of hydrogen-bond donors (Lipinski definition) is 1. The molecule has 19 heavy (non-hydrogen) atoms. The Balaban J connectivity index is 1.93. The topological polar surface area (TPSA) is 46.5 Å². The number of carbonyl (C=O) groups is 1. The molecule has 104 valence electrons. The molecule has 0 spiro atoms. The molecule has 0 aliphatic heterocycles. The average Bonchev–Trinajstić information content (AvgIpc) is 2.42. The molecule has 0 saturated heterocycles. The van der Waals surface area contributed by atoms with Crippen molar-refractivity contribution < 1.29 is 19.0 Å². The number of aliphatic carboxylic acids is 1. The fraction of sp³-hybridized carbons (Fsp3) is 0.533. The van der Waals surface area contributed by atoms with Gasteiger partial charge in [0.2, 0.25) is 0 Å². The van der Waals surface area contributed by atoms with E-state index in [2.05, 4.69) is 0 Å². The third-order valence-electron chi connectivity index (χ3n) is 3.78. The van der Waals surface area contributed by atoms with Gasteiger partial charge in [-0.3, -0.25) is 4.79 Å². The van der Waals surface area contributed by atoms with Crippen molar-refractivity contribution >= 4 is 5.97 Å². The van der Waals surface area contributed by atoms with Crippen LogP contribution in [0.4, 0.5) is 4.39 Å². The zero-order valence-electron chi connectivity index (χ0n) is 10.8. The molecule has 1 aromatic carbocycles. The lowest BCUT2D eigenvalue weighted by atomic mass is 9.80. The number of carboxylic acids is 1. The van der Waals surface area contributed by atoms with Crippen LogP contribution in [0.15, 0.2) is 24.3 Å². The molecule has 3 nitrogen and oxygen atoms in total. The lowest BCUT2D eigenvalue weighted by molar-refractivity contribution is -0.145. The van der Waals surface area contributed by atoms with Crippen LogP contribution in [0.2, 0.25) is 0 Å². The molecule has 0 aromatic heterocycles. The van der Waals surface area contributed by atoms with Gasteiger partial charge in [-0.15, -0.1) is 0 Å². The molecule has 0 heterocycles. The minimum atomic E-state index is -0.797. The summed E-state index contributed by atoms with van der Waals surface area (Å²) in [5.74, 6) is -0.871. The Morgan fingerprint density at radius 3 is 2.47 bits per heavy atom. The van der Waals surface area contributed by atoms with Crippen molar-refractivity contribution in [3.63, 3.8) is 0 Å². The molecule has 1 atom stereocenters. The normalized spacial score (nSPS) is 17.9. The van der Waals surface area contributed by atoms with Crippen molar-refractivity contribution in [3.05, 3.63) is 30.1 Å². The highest BCUT2D eigenvalue weighted by Gasteiger charge is 2.29. The van der Waals surface area contributed by atoms with Gasteiger partial charge in [-0.2, -0.15) is 0 Å². The van der Waals surface area contributed by atoms with E-state index in [0.717, 1.165) is 25.7 Å². The minimum absolute atomic E-state index is 0.158. The van der Waals surface area contributed by atoms with Crippen LogP contribution < -0.4 is 4.74 Å². The van der Waals surface area contributed by atoms with E-state index in [0.29, 0.717) is 5.75 Å². The summed E-state index contributed by atoms with van der Waals surface area (Å²) < 4.78 is 18.2. The Morgan fingerprint density at radius 1 is 1.26 bits per heavy atom. The maximum absolute atomic E-state index is 12.8. The first-order valence-corrected chi connectivity index (χ1v) is 6.78. The monoisotopic (exact) mass is 266 g/mol. The van der Waals surface area contributed by atoms with Crippen LogP contribution in [0, 0.1) is 17.7 Å². The predicted octanol–water partition coefficient (Wildman–Crippen LogP) is 3.49. The summed E-state index contributed by atoms with van der Waals surface area (Å²) in [4.78, 5) is 11.3. The smallest absolute Gasteiger partial charge is 0.310 e. The maximum Gasteiger partial charge on any atom is 0.310 e. The molecule has 1 saturated carbocycles. The van der Waals surface area contributed by atoms with Crippen molar-refractivity contribution in [3.8, 4) is 5.75 Å². The van der Waals surface area contributed by atoms with Crippen LogP contribution in [0.5, 0.6) is 5.75 Å². The van der Waals surface area contributed by atoms with Crippen molar-refractivity contribution in [2.75, 3.05) is 6.61 Å². The van der Waals surface area contributed by atoms with E-state index < -0.39 is 11.9 Å². The number of hydrogen-bond acceptors (Lipinski definition) is 2. The molecule has 1 aromatic rings. The molecule has 1 aliphatic rings. The second-order valence-corrected chi connectivity index (χ2v) is 5.11. The standard InChI is InChI=1S/C15H19FO3/c16-12-6-8-13(9-7-12)19-10-14(15(17)18)11-4-2-1-3-5-11/h6-9,11,14H,1-5,10H2,(H,17,18). The van der Waals surface area contributed by atoms with Gasteiger partial charge < -0.3 is 9.84 Å². The second kappa shape index (κ2) is 6.55. The van der Waals surface area contributed by atoms with E-state index in [4.69, 9.17) is 4.74 Å². The molecule has 0 amide bonds. The molecule has 1 aliphatic carbocycles. The summed E-state index contributed by atoms with van der Waals surface area (Å²) in [6.07, 6.45) is 5.32. The quantitative estimate of drug-likeness (QED) is 0.887. The van der Waals surface area contributed by atoms with Crippen LogP contribution in [-0.4, -0.2) is 17.7 Å². The lowest BCUT2D eigenvalue weighted by Gasteiger charge is -2.27. The summed E-state index contributed by atoms with van der Waals surface area (Å²) in [5, 5.41) is 9.31. The molecule has 1 fully saturated rings. The summed E-state index contributed by atoms with van der Waals surface area (Å²) in [5.41, 5.74) is 0. The Kier molecular flexibility index (Phi) is 4.77. The molecule has 0 radical (unpaired) electrons. The van der Waals surface area contributed by atoms with Crippen molar-refractivity contribution in [2.45, 2.75) is 32.1 Å². The molecular weight excluding hydrogens is 247 g/mol. The Bertz CT molecular complexity index is 410. The highest BCUT2D eigenvalue weighted by atomic mass is 19.1. The van der Waals surface area contributed by atoms with E-state index in [9.17, 15) is 14.3 Å². The number of carboxylic acid groups (broad SMARTS) is 1. The van der Waals surface area contributed by atoms with Crippen LogP contribution in [0.25, 0.3) is 0 Å². The second-order valence-electron chi connectivity index (χ2n) is 5.11. The SMILES string of the molecule is O=C(O)C(COc1ccc(F)cc1)C1CCCCC1. The van der Waals surface area contributed by atoms with Crippen LogP contribution in [0.1, 0.15) is 32.1 Å². The number of rotatable bonds is 5. The number of halogens is 1. The van der Waals surface area contributed by atoms with Crippen molar-refractivity contribution in [2.24, 2.45) is 11.8 Å². The molecule has 2 rings (SSSR count). The van der Waals surface area contributed by atoms with Gasteiger partial charge in [0.1, 0.15) is 18.2 Å². The summed E-state index contributed by atoms with van der Waals surface area (Å²) in [7, 11) is 0. The van der Waals surface area contributed by atoms with Crippen LogP contribution in [0.3, 0.4) is 0 Å². The number of ether oxygens (including phenoxy) is 1. The molecule has 0 bridgehead atoms. The van der Waals surface area contributed by atoms with Crippen molar-refractivity contribution in [1.29, 1.82) is 0 Å². The van der Waals surface area contributed by atoms with Gasteiger partial charge >= 0.3 is 5.97 Å². The van der Waals surface area contributed by atoms with Gasteiger partial charge in [0.05, 0.1) is 5.92 Å². The Hall–Kier alpha value is -1.58. The van der Waals surface area contributed by atoms with Gasteiger partial charge in [0.15, 0.2) is 0 Å². The maximum atomic E-state index is 12.8. The lowest BCUT2D eigenvalue weighted by Crippen LogP contribution is -2.30. The first-order valence-electron chi connectivity index (χ1n) is 6.78. The summed E-state index contributed by atoms with van der Waals surface area (Å²) in [6, 6.07) is 5.67. The Labute approximate surface area is 112 Å². The molecule has 1 N–H and O–H groups in total. The highest BCUT2D eigenvalue weighted by molar-refractivity contribution is 5.70. The first kappa shape index (κ1) is 13.8. The minimum Gasteiger partial charge on any atom is -0.493 e. The van der Waals surface area contributed by atoms with Crippen LogP contribution >= 0.6 is 0 Å². The number of benzene rings is 1. The first-order chi connectivity index (χ1) is 9.16. The molecule has 4 heteroatoms. The van der Waals surface area contributed by atoms with E-state index in [1.807, 2.05) is 0 Å². The zero-order chi connectivity index (χ0) is 13.7. The third kappa shape index (κ3) is 3.94. The van der Waals surface area contributed by atoms with E-state index in [1.165, 1.54) is 30.7 Å². The van der Waals surface area contributed by atoms with E-state index >= 15 is 0 Å². The Morgan fingerprint density at radius 2 is 1.89 bits per heavy atom. The fourth-order valence-electron chi connectivity index (χ4n) is 2.66. The van der Waals surface area contributed by atoms with Gasteiger partial charge in [0.25, 0.3) is 0 Å². The predicted molar refractivity (Wildman–Crippen MR) is 69.6 cm³/mol.